The number of benzene rings is 1. The van der Waals surface area contributed by atoms with Crippen LogP contribution in [0.4, 0.5) is 0 Å². The van der Waals surface area contributed by atoms with Crippen molar-refractivity contribution in [3.8, 4) is 12.3 Å². The molecular weight excluding hydrogens is 456 g/mol. The van der Waals surface area contributed by atoms with Crippen molar-refractivity contribution in [3.05, 3.63) is 89.7 Å². The molecule has 0 saturated carbocycles. The number of allylic oxidation sites excluding steroid dienone is 3. The molecule has 4 nitrogen and oxygen atoms in total. The quantitative estimate of drug-likeness (QED) is 0.469. The first kappa shape index (κ1) is 27.6. The fraction of sp³-hybridized carbons (Fsp3) is 0.346. The Hall–Kier alpha value is -1.38. The van der Waals surface area contributed by atoms with Crippen LogP contribution in [0, 0.1) is 18.3 Å². The SMILES string of the molecule is C#C[C@H](CC1=CC=C[N-]C1=C)NC(=C)[C@H](CC(C)C)NC(=O)CCc1ccccc1.[Rb+]. The zero-order valence-electron chi connectivity index (χ0n) is 19.0. The summed E-state index contributed by atoms with van der Waals surface area (Å²) in [5, 5.41) is 10.7. The summed E-state index contributed by atoms with van der Waals surface area (Å²) in [5.74, 6) is 3.19. The normalized spacial score (nSPS) is 14.4. The van der Waals surface area contributed by atoms with Gasteiger partial charge in [0.25, 0.3) is 0 Å². The van der Waals surface area contributed by atoms with Crippen LogP contribution < -0.4 is 68.8 Å². The molecule has 0 fully saturated rings. The van der Waals surface area contributed by atoms with Crippen LogP contribution in [0.1, 0.15) is 38.7 Å². The maximum Gasteiger partial charge on any atom is 1.00 e. The molecule has 2 N–H and O–H groups in total. The van der Waals surface area contributed by atoms with Crippen molar-refractivity contribution in [3.63, 3.8) is 0 Å². The van der Waals surface area contributed by atoms with Crippen LogP contribution >= 0.6 is 0 Å². The topological polar surface area (TPSA) is 55.2 Å². The largest absolute Gasteiger partial charge is 1.00 e. The molecule has 0 radical (unpaired) electrons. The van der Waals surface area contributed by atoms with Gasteiger partial charge in [-0.05, 0) is 24.3 Å². The van der Waals surface area contributed by atoms with Gasteiger partial charge in [0.2, 0.25) is 5.91 Å². The number of nitrogens with zero attached hydrogens (tertiary/aromatic N) is 1. The summed E-state index contributed by atoms with van der Waals surface area (Å²) in [6.45, 7) is 12.4. The first-order valence-electron chi connectivity index (χ1n) is 10.4. The number of carbonyl (C=O) groups is 1. The molecule has 0 aromatic heterocycles. The summed E-state index contributed by atoms with van der Waals surface area (Å²) in [5.41, 5.74) is 3.60. The maximum absolute atomic E-state index is 12.6. The van der Waals surface area contributed by atoms with Gasteiger partial charge in [-0.3, -0.25) is 4.79 Å². The minimum atomic E-state index is -0.252. The monoisotopic (exact) mass is 487 g/mol. The minimum absolute atomic E-state index is 0. The molecule has 0 unspecified atom stereocenters. The molecule has 0 aliphatic carbocycles. The Labute approximate surface area is 236 Å². The minimum Gasteiger partial charge on any atom is -0.664 e. The Balaban J connectivity index is 0.00000480. The van der Waals surface area contributed by atoms with Crippen LogP contribution in [0.3, 0.4) is 0 Å². The molecule has 0 saturated heterocycles. The van der Waals surface area contributed by atoms with E-state index in [0.29, 0.717) is 25.2 Å². The Bertz CT molecular complexity index is 849. The average Bonchev–Trinajstić information content (AvgIpc) is 2.73. The van der Waals surface area contributed by atoms with Crippen molar-refractivity contribution in [2.75, 3.05) is 0 Å². The summed E-state index contributed by atoms with van der Waals surface area (Å²) >= 11 is 0. The molecule has 1 aromatic carbocycles. The van der Waals surface area contributed by atoms with E-state index in [4.69, 9.17) is 6.42 Å². The van der Waals surface area contributed by atoms with Gasteiger partial charge in [-0.15, -0.1) is 18.7 Å². The van der Waals surface area contributed by atoms with Crippen LogP contribution in [-0.2, 0) is 11.2 Å². The standard InChI is InChI=1S/C26H32N3O.Rb/c1-6-24(18-23-13-10-16-27-20(23)4)28-21(5)25(17-19(2)3)29-26(30)15-14-22-11-8-7-9-12-22;/h1,7-13,16,19,24-25,28H,4-5,14-15,17-18H2,2-3H3,(H,29,30);/q-1;+1/t24-,25+;/m1./s1. The van der Waals surface area contributed by atoms with Crippen LogP contribution in [0.15, 0.2) is 78.8 Å². The van der Waals surface area contributed by atoms with Crippen molar-refractivity contribution in [2.24, 2.45) is 5.92 Å². The summed E-state index contributed by atoms with van der Waals surface area (Å²) in [6, 6.07) is 9.58. The number of amides is 1. The zero-order valence-corrected chi connectivity index (χ0v) is 23.9. The first-order valence-corrected chi connectivity index (χ1v) is 10.4. The van der Waals surface area contributed by atoms with Gasteiger partial charge in [-0.2, -0.15) is 6.20 Å². The van der Waals surface area contributed by atoms with E-state index in [1.54, 1.807) is 6.20 Å². The molecule has 2 atom stereocenters. The summed E-state index contributed by atoms with van der Waals surface area (Å²) in [4.78, 5) is 12.6. The number of nitrogens with one attached hydrogen (secondary N) is 2. The van der Waals surface area contributed by atoms with Gasteiger partial charge in [0.05, 0.1) is 12.1 Å². The van der Waals surface area contributed by atoms with Crippen molar-refractivity contribution in [2.45, 2.75) is 51.6 Å². The van der Waals surface area contributed by atoms with Gasteiger partial charge in [-0.1, -0.05) is 74.4 Å². The van der Waals surface area contributed by atoms with Crippen LogP contribution in [0.5, 0.6) is 0 Å². The molecule has 1 amide bonds. The number of hydrogen-bond acceptors (Lipinski definition) is 2. The van der Waals surface area contributed by atoms with Gasteiger partial charge in [-0.25, -0.2) is 0 Å². The van der Waals surface area contributed by atoms with Crippen molar-refractivity contribution in [1.29, 1.82) is 0 Å². The first-order chi connectivity index (χ1) is 14.4. The van der Waals surface area contributed by atoms with E-state index < -0.39 is 0 Å². The smallest absolute Gasteiger partial charge is 0.664 e. The number of rotatable bonds is 11. The van der Waals surface area contributed by atoms with Crippen LogP contribution in [-0.4, -0.2) is 18.0 Å². The van der Waals surface area contributed by atoms with Crippen molar-refractivity contribution in [1.82, 2.24) is 10.6 Å². The van der Waals surface area contributed by atoms with E-state index >= 15 is 0 Å². The number of carbonyl (C=O) groups excluding carboxylic acids is 1. The van der Waals surface area contributed by atoms with Gasteiger partial charge >= 0.3 is 58.2 Å². The second-order valence-electron chi connectivity index (χ2n) is 7.94. The molecular formula is C26H32N3ORb. The molecule has 5 heteroatoms. The van der Waals surface area contributed by atoms with Gasteiger partial charge in [0.1, 0.15) is 0 Å². The van der Waals surface area contributed by atoms with Gasteiger partial charge < -0.3 is 16.0 Å². The molecule has 1 aromatic rings. The summed E-state index contributed by atoms with van der Waals surface area (Å²) in [6.07, 6.45) is 13.8. The molecule has 1 aliphatic rings. The second kappa shape index (κ2) is 14.6. The van der Waals surface area contributed by atoms with E-state index in [9.17, 15) is 4.79 Å². The Kier molecular flexibility index (Phi) is 13.1. The van der Waals surface area contributed by atoms with Crippen molar-refractivity contribution < 1.29 is 63.0 Å². The number of hydrogen-bond donors (Lipinski definition) is 2. The third-order valence-corrected chi connectivity index (χ3v) is 4.92. The zero-order chi connectivity index (χ0) is 21.9. The molecule has 0 bridgehead atoms. The third-order valence-electron chi connectivity index (χ3n) is 4.92. The number of terminal acetylenes is 1. The molecule has 2 rings (SSSR count). The van der Waals surface area contributed by atoms with E-state index in [2.05, 4.69) is 48.9 Å². The van der Waals surface area contributed by atoms with Crippen LogP contribution in [0.25, 0.3) is 5.32 Å². The Morgan fingerprint density at radius 1 is 1.23 bits per heavy atom. The predicted molar refractivity (Wildman–Crippen MR) is 125 cm³/mol. The summed E-state index contributed by atoms with van der Waals surface area (Å²) in [7, 11) is 0. The van der Waals surface area contributed by atoms with Crippen molar-refractivity contribution >= 4 is 5.91 Å². The van der Waals surface area contributed by atoms with Crippen LogP contribution in [0.2, 0.25) is 0 Å². The maximum atomic E-state index is 12.6. The fourth-order valence-corrected chi connectivity index (χ4v) is 3.28. The molecule has 0 spiro atoms. The molecule has 158 valence electrons. The Morgan fingerprint density at radius 3 is 2.55 bits per heavy atom. The fourth-order valence-electron chi connectivity index (χ4n) is 3.28. The predicted octanol–water partition coefficient (Wildman–Crippen LogP) is 1.99. The van der Waals surface area contributed by atoms with E-state index in [0.717, 1.165) is 29.0 Å². The molecule has 1 aliphatic heterocycles. The number of aryl methyl sites for hydroxylation is 1. The third kappa shape index (κ3) is 10.2. The molecule has 1 heterocycles. The average molecular weight is 488 g/mol. The van der Waals surface area contributed by atoms with E-state index in [1.807, 2.05) is 42.5 Å². The van der Waals surface area contributed by atoms with Gasteiger partial charge in [0, 0.05) is 18.5 Å². The van der Waals surface area contributed by atoms with E-state index in [-0.39, 0.29) is 76.2 Å². The summed E-state index contributed by atoms with van der Waals surface area (Å²) < 4.78 is 0. The molecule has 31 heavy (non-hydrogen) atoms. The second-order valence-corrected chi connectivity index (χ2v) is 7.94. The Morgan fingerprint density at radius 2 is 1.94 bits per heavy atom. The van der Waals surface area contributed by atoms with E-state index in [1.165, 1.54) is 0 Å². The van der Waals surface area contributed by atoms with Gasteiger partial charge in [0.15, 0.2) is 0 Å².